The highest BCUT2D eigenvalue weighted by molar-refractivity contribution is 5.38. The largest absolute Gasteiger partial charge is 0.300 e. The average molecular weight is 107 g/mol. The van der Waals surface area contributed by atoms with Gasteiger partial charge in [-0.3, -0.25) is 0 Å². The maximum atomic E-state index is 7.29. The summed E-state index contributed by atoms with van der Waals surface area (Å²) < 4.78 is 0. The van der Waals surface area contributed by atoms with Gasteiger partial charge in [-0.25, -0.2) is 0 Å². The minimum atomic E-state index is 0.891. The Bertz CT molecular complexity index is 194. The zero-order valence-electron chi connectivity index (χ0n) is 4.83. The molecule has 0 bridgehead atoms. The number of rotatable bonds is 0. The first-order valence-electron chi connectivity index (χ1n) is 3.21. The SMILES string of the molecule is N=c1c2c1CCCC2. The van der Waals surface area contributed by atoms with Crippen LogP contribution in [0, 0.1) is 5.41 Å². The molecule has 1 N–H and O–H groups in total. The number of hydrogen-bond acceptors (Lipinski definition) is 1. The molecule has 0 amide bonds. The topological polar surface area (TPSA) is 23.9 Å². The fourth-order valence-electron chi connectivity index (χ4n) is 1.43. The van der Waals surface area contributed by atoms with Crippen LogP contribution in [0.2, 0.25) is 0 Å². The zero-order valence-corrected chi connectivity index (χ0v) is 4.83. The Morgan fingerprint density at radius 3 is 1.88 bits per heavy atom. The Hall–Kier alpha value is -0.590. The normalized spacial score (nSPS) is 19.0. The van der Waals surface area contributed by atoms with E-state index in [4.69, 9.17) is 5.41 Å². The van der Waals surface area contributed by atoms with Crippen molar-refractivity contribution in [3.63, 3.8) is 0 Å². The third-order valence-electron chi connectivity index (χ3n) is 2.01. The molecule has 8 heavy (non-hydrogen) atoms. The Balaban J connectivity index is 2.35. The standard InChI is InChI=1S/C7H9N/c8-7-5-3-1-2-4-6(5)7/h8H,1-4H2. The number of hydrogen-bond donors (Lipinski definition) is 1. The third-order valence-corrected chi connectivity index (χ3v) is 2.01. The van der Waals surface area contributed by atoms with Gasteiger partial charge in [-0.05, 0) is 36.8 Å². The van der Waals surface area contributed by atoms with E-state index in [9.17, 15) is 0 Å². The monoisotopic (exact) mass is 107 g/mol. The van der Waals surface area contributed by atoms with Crippen LogP contribution in [0.25, 0.3) is 0 Å². The van der Waals surface area contributed by atoms with Crippen LogP contribution in [0.1, 0.15) is 24.0 Å². The minimum Gasteiger partial charge on any atom is -0.300 e. The molecule has 0 aliphatic heterocycles. The van der Waals surface area contributed by atoms with Crippen LogP contribution in [0.15, 0.2) is 0 Å². The first kappa shape index (κ1) is 4.30. The number of nitrogens with one attached hydrogen (secondary N) is 1. The van der Waals surface area contributed by atoms with E-state index in [-0.39, 0.29) is 0 Å². The Morgan fingerprint density at radius 2 is 1.50 bits per heavy atom. The second-order valence-corrected chi connectivity index (χ2v) is 2.54. The molecule has 1 aromatic rings. The predicted molar refractivity (Wildman–Crippen MR) is 31.3 cm³/mol. The molecule has 1 heteroatoms. The summed E-state index contributed by atoms with van der Waals surface area (Å²) in [6.45, 7) is 0. The van der Waals surface area contributed by atoms with Gasteiger partial charge in [0, 0.05) is 0 Å². The molecule has 0 atom stereocenters. The second kappa shape index (κ2) is 1.22. The van der Waals surface area contributed by atoms with Gasteiger partial charge in [-0.2, -0.15) is 0 Å². The summed E-state index contributed by atoms with van der Waals surface area (Å²) in [7, 11) is 0. The van der Waals surface area contributed by atoms with Crippen molar-refractivity contribution in [1.29, 1.82) is 5.41 Å². The lowest BCUT2D eigenvalue weighted by molar-refractivity contribution is 0.715. The Kier molecular flexibility index (Phi) is 0.655. The Morgan fingerprint density at radius 1 is 1.00 bits per heavy atom. The van der Waals surface area contributed by atoms with E-state index in [1.807, 2.05) is 0 Å². The molecule has 2 rings (SSSR count). The molecule has 0 radical (unpaired) electrons. The summed E-state index contributed by atoms with van der Waals surface area (Å²) in [6.07, 6.45) is 5.05. The van der Waals surface area contributed by atoms with Gasteiger partial charge in [0.1, 0.15) is 0 Å². The van der Waals surface area contributed by atoms with Crippen LogP contribution >= 0.6 is 0 Å². The smallest absolute Gasteiger partial charge is 0.0610 e. The van der Waals surface area contributed by atoms with E-state index in [0.717, 1.165) is 5.36 Å². The molecule has 0 aromatic heterocycles. The summed E-state index contributed by atoms with van der Waals surface area (Å²) in [6, 6.07) is 0. The van der Waals surface area contributed by atoms with Crippen molar-refractivity contribution >= 4 is 0 Å². The summed E-state index contributed by atoms with van der Waals surface area (Å²) in [5, 5.41) is 8.18. The van der Waals surface area contributed by atoms with Crippen LogP contribution in [-0.4, -0.2) is 0 Å². The van der Waals surface area contributed by atoms with Gasteiger partial charge in [0.25, 0.3) is 0 Å². The van der Waals surface area contributed by atoms with Crippen LogP contribution in [-0.2, 0) is 12.8 Å². The fraction of sp³-hybridized carbons (Fsp3) is 0.571. The van der Waals surface area contributed by atoms with E-state index in [1.54, 1.807) is 0 Å². The van der Waals surface area contributed by atoms with Crippen LogP contribution in [0.3, 0.4) is 0 Å². The lowest BCUT2D eigenvalue weighted by atomic mass is 10.1. The highest BCUT2D eigenvalue weighted by Gasteiger charge is 2.20. The molecule has 1 aliphatic carbocycles. The lowest BCUT2D eigenvalue weighted by Gasteiger charge is -1.98. The lowest BCUT2D eigenvalue weighted by Crippen LogP contribution is -1.87. The maximum Gasteiger partial charge on any atom is 0.0610 e. The minimum absolute atomic E-state index is 0.891. The van der Waals surface area contributed by atoms with Crippen molar-refractivity contribution < 1.29 is 0 Å². The first-order chi connectivity index (χ1) is 3.89. The highest BCUT2D eigenvalue weighted by atomic mass is 14.4. The molecule has 0 fully saturated rings. The summed E-state index contributed by atoms with van der Waals surface area (Å²) >= 11 is 0. The van der Waals surface area contributed by atoms with Gasteiger partial charge in [0.2, 0.25) is 0 Å². The van der Waals surface area contributed by atoms with Crippen molar-refractivity contribution in [1.82, 2.24) is 0 Å². The van der Waals surface area contributed by atoms with Crippen molar-refractivity contribution in [3.8, 4) is 0 Å². The van der Waals surface area contributed by atoms with Crippen molar-refractivity contribution in [2.45, 2.75) is 25.7 Å². The van der Waals surface area contributed by atoms with Crippen LogP contribution in [0.5, 0.6) is 0 Å². The molecule has 0 heterocycles. The molecule has 1 nitrogen and oxygen atoms in total. The number of fused-ring (bicyclic) bond motifs is 1. The third kappa shape index (κ3) is 0.391. The molecule has 1 aliphatic rings. The molecule has 0 unspecified atom stereocenters. The van der Waals surface area contributed by atoms with Crippen molar-refractivity contribution in [3.05, 3.63) is 16.5 Å². The highest BCUT2D eigenvalue weighted by Crippen LogP contribution is 2.20. The molecule has 0 spiro atoms. The zero-order chi connectivity index (χ0) is 5.56. The average Bonchev–Trinajstić information content (AvgIpc) is 2.46. The van der Waals surface area contributed by atoms with Crippen molar-refractivity contribution in [2.24, 2.45) is 0 Å². The van der Waals surface area contributed by atoms with E-state index in [1.165, 1.54) is 36.8 Å². The summed E-state index contributed by atoms with van der Waals surface area (Å²) in [4.78, 5) is 0. The fourth-order valence-corrected chi connectivity index (χ4v) is 1.43. The quantitative estimate of drug-likeness (QED) is 0.509. The molecule has 42 valence electrons. The van der Waals surface area contributed by atoms with Crippen LogP contribution in [0.4, 0.5) is 0 Å². The molecule has 1 aromatic carbocycles. The molecular weight excluding hydrogens is 98.1 g/mol. The van der Waals surface area contributed by atoms with Crippen molar-refractivity contribution in [2.75, 3.05) is 0 Å². The Labute approximate surface area is 48.5 Å². The second-order valence-electron chi connectivity index (χ2n) is 2.54. The summed E-state index contributed by atoms with van der Waals surface area (Å²) in [5.74, 6) is 0. The van der Waals surface area contributed by atoms with Gasteiger partial charge in [-0.1, -0.05) is 0 Å². The van der Waals surface area contributed by atoms with E-state index >= 15 is 0 Å². The van der Waals surface area contributed by atoms with Gasteiger partial charge in [0.15, 0.2) is 0 Å². The molecule has 0 saturated carbocycles. The summed E-state index contributed by atoms with van der Waals surface area (Å²) in [5.41, 5.74) is 2.77. The van der Waals surface area contributed by atoms with Gasteiger partial charge in [-0.15, -0.1) is 0 Å². The molecule has 0 saturated heterocycles. The predicted octanol–water partition coefficient (Wildman–Crippen LogP) is 0.920. The van der Waals surface area contributed by atoms with E-state index < -0.39 is 0 Å². The van der Waals surface area contributed by atoms with Gasteiger partial charge >= 0.3 is 0 Å². The van der Waals surface area contributed by atoms with E-state index in [0.29, 0.717) is 0 Å². The van der Waals surface area contributed by atoms with Gasteiger partial charge in [0.05, 0.1) is 5.36 Å². The maximum absolute atomic E-state index is 7.29. The van der Waals surface area contributed by atoms with Gasteiger partial charge < -0.3 is 5.41 Å². The first-order valence-corrected chi connectivity index (χ1v) is 3.21. The molecular formula is C7H9N. The van der Waals surface area contributed by atoms with Crippen LogP contribution < -0.4 is 5.36 Å². The van der Waals surface area contributed by atoms with E-state index in [2.05, 4.69) is 0 Å².